The lowest BCUT2D eigenvalue weighted by atomic mass is 10.2. The molecule has 4 N–H and O–H groups in total. The Hall–Kier alpha value is -2.49. The summed E-state index contributed by atoms with van der Waals surface area (Å²) in [7, 11) is 0. The van der Waals surface area contributed by atoms with Gasteiger partial charge in [-0.2, -0.15) is 0 Å². The molecule has 17 heavy (non-hydrogen) atoms. The number of urea groups is 1. The van der Waals surface area contributed by atoms with Crippen molar-refractivity contribution < 1.29 is 4.79 Å². The van der Waals surface area contributed by atoms with Crippen LogP contribution in [0.15, 0.2) is 54.6 Å². The minimum Gasteiger partial charge on any atom is -0.399 e. The van der Waals surface area contributed by atoms with E-state index in [1.54, 1.807) is 24.3 Å². The maximum atomic E-state index is 11.5. The van der Waals surface area contributed by atoms with Crippen molar-refractivity contribution in [3.8, 4) is 0 Å². The molecule has 0 unspecified atom stereocenters. The molecular formula is C13H13N3O. The number of carbonyl (C=O) groups excluding carboxylic acids is 1. The van der Waals surface area contributed by atoms with Crippen molar-refractivity contribution in [3.63, 3.8) is 0 Å². The van der Waals surface area contributed by atoms with E-state index in [9.17, 15) is 4.79 Å². The molecule has 0 bridgehead atoms. The Morgan fingerprint density at radius 3 is 1.94 bits per heavy atom. The van der Waals surface area contributed by atoms with Crippen LogP contribution in [0.2, 0.25) is 0 Å². The lowest BCUT2D eigenvalue weighted by Gasteiger charge is -2.20. The van der Waals surface area contributed by atoms with Crippen molar-refractivity contribution in [2.75, 3.05) is 10.6 Å². The highest BCUT2D eigenvalue weighted by Gasteiger charge is 2.13. The molecule has 0 spiro atoms. The van der Waals surface area contributed by atoms with Gasteiger partial charge in [-0.3, -0.25) is 4.90 Å². The van der Waals surface area contributed by atoms with Crippen LogP contribution < -0.4 is 16.4 Å². The van der Waals surface area contributed by atoms with Crippen molar-refractivity contribution in [3.05, 3.63) is 54.6 Å². The van der Waals surface area contributed by atoms with E-state index < -0.39 is 6.03 Å². The minimum absolute atomic E-state index is 0.527. The van der Waals surface area contributed by atoms with Crippen molar-refractivity contribution in [1.82, 2.24) is 0 Å². The third-order valence-corrected chi connectivity index (χ3v) is 2.39. The zero-order valence-electron chi connectivity index (χ0n) is 9.21. The number of nitrogen functional groups attached to an aromatic ring is 1. The van der Waals surface area contributed by atoms with Gasteiger partial charge in [-0.25, -0.2) is 4.79 Å². The number of carbonyl (C=O) groups is 1. The van der Waals surface area contributed by atoms with Crippen molar-refractivity contribution >= 4 is 23.1 Å². The highest BCUT2D eigenvalue weighted by molar-refractivity contribution is 5.98. The zero-order valence-corrected chi connectivity index (χ0v) is 9.21. The summed E-state index contributed by atoms with van der Waals surface area (Å²) in [6.07, 6.45) is 0. The second kappa shape index (κ2) is 4.57. The van der Waals surface area contributed by atoms with Crippen LogP contribution in [-0.4, -0.2) is 6.03 Å². The second-order valence-electron chi connectivity index (χ2n) is 3.60. The average molecular weight is 227 g/mol. The number of hydrogen-bond donors (Lipinski definition) is 2. The topological polar surface area (TPSA) is 72.4 Å². The monoisotopic (exact) mass is 227 g/mol. The highest BCUT2D eigenvalue weighted by atomic mass is 16.2. The first-order valence-electron chi connectivity index (χ1n) is 5.18. The molecule has 2 aromatic carbocycles. The molecule has 0 aliphatic carbocycles. The smallest absolute Gasteiger partial charge is 0.323 e. The predicted octanol–water partition coefficient (Wildman–Crippen LogP) is 2.49. The van der Waals surface area contributed by atoms with E-state index >= 15 is 0 Å². The zero-order chi connectivity index (χ0) is 12.3. The number of para-hydroxylation sites is 1. The number of hydrogen-bond acceptors (Lipinski definition) is 2. The first-order chi connectivity index (χ1) is 8.18. The molecule has 0 saturated heterocycles. The van der Waals surface area contributed by atoms with Gasteiger partial charge in [-0.05, 0) is 36.4 Å². The van der Waals surface area contributed by atoms with Crippen LogP contribution in [0.1, 0.15) is 0 Å². The van der Waals surface area contributed by atoms with Crippen molar-refractivity contribution in [1.29, 1.82) is 0 Å². The predicted molar refractivity (Wildman–Crippen MR) is 69.0 cm³/mol. The van der Waals surface area contributed by atoms with Gasteiger partial charge in [0.2, 0.25) is 0 Å². The fraction of sp³-hybridized carbons (Fsp3) is 0. The normalized spacial score (nSPS) is 9.88. The third kappa shape index (κ3) is 2.36. The molecule has 86 valence electrons. The Kier molecular flexibility index (Phi) is 2.96. The molecule has 0 fully saturated rings. The Morgan fingerprint density at radius 2 is 1.41 bits per heavy atom. The number of benzene rings is 2. The van der Waals surface area contributed by atoms with E-state index in [2.05, 4.69) is 0 Å². The molecule has 0 heterocycles. The molecule has 0 aliphatic rings. The van der Waals surface area contributed by atoms with Gasteiger partial charge >= 0.3 is 6.03 Å². The molecule has 4 nitrogen and oxygen atoms in total. The van der Waals surface area contributed by atoms with Gasteiger partial charge in [0.1, 0.15) is 0 Å². The van der Waals surface area contributed by atoms with E-state index in [1.165, 1.54) is 4.90 Å². The first kappa shape index (κ1) is 11.0. The quantitative estimate of drug-likeness (QED) is 0.773. The Bertz CT molecular complexity index is 508. The summed E-state index contributed by atoms with van der Waals surface area (Å²) in [6, 6.07) is 15.7. The molecule has 0 radical (unpaired) electrons. The summed E-state index contributed by atoms with van der Waals surface area (Å²) in [4.78, 5) is 12.9. The van der Waals surface area contributed by atoms with E-state index in [4.69, 9.17) is 11.5 Å². The Labute approximate surface area is 99.5 Å². The van der Waals surface area contributed by atoms with Gasteiger partial charge in [-0.15, -0.1) is 0 Å². The molecule has 2 rings (SSSR count). The first-order valence-corrected chi connectivity index (χ1v) is 5.18. The standard InChI is InChI=1S/C13H13N3O/c14-10-6-8-12(9-7-10)16(13(15)17)11-4-2-1-3-5-11/h1-9H,14H2,(H2,15,17). The maximum Gasteiger partial charge on any atom is 0.323 e. The summed E-state index contributed by atoms with van der Waals surface area (Å²) in [5, 5.41) is 0. The van der Waals surface area contributed by atoms with Crippen LogP contribution in [0.25, 0.3) is 0 Å². The third-order valence-electron chi connectivity index (χ3n) is 2.39. The fourth-order valence-corrected chi connectivity index (χ4v) is 1.60. The van der Waals surface area contributed by atoms with Gasteiger partial charge in [0.05, 0.1) is 11.4 Å². The SMILES string of the molecule is NC(=O)N(c1ccccc1)c1ccc(N)cc1. The number of rotatable bonds is 2. The van der Waals surface area contributed by atoms with E-state index in [0.717, 1.165) is 5.69 Å². The van der Waals surface area contributed by atoms with E-state index in [-0.39, 0.29) is 0 Å². The number of amides is 2. The van der Waals surface area contributed by atoms with Crippen LogP contribution >= 0.6 is 0 Å². The van der Waals surface area contributed by atoms with Gasteiger partial charge in [0, 0.05) is 5.69 Å². The molecular weight excluding hydrogens is 214 g/mol. The highest BCUT2D eigenvalue weighted by Crippen LogP contribution is 2.25. The number of nitrogens with zero attached hydrogens (tertiary/aromatic N) is 1. The average Bonchev–Trinajstić information content (AvgIpc) is 2.33. The van der Waals surface area contributed by atoms with Crippen molar-refractivity contribution in [2.45, 2.75) is 0 Å². The number of primary amides is 1. The lowest BCUT2D eigenvalue weighted by molar-refractivity contribution is 0.256. The minimum atomic E-state index is -0.527. The van der Waals surface area contributed by atoms with Gasteiger partial charge < -0.3 is 11.5 Å². The summed E-state index contributed by atoms with van der Waals surface area (Å²) in [6.45, 7) is 0. The summed E-state index contributed by atoms with van der Waals surface area (Å²) in [5.74, 6) is 0. The van der Waals surface area contributed by atoms with Crippen LogP contribution in [0.5, 0.6) is 0 Å². The number of anilines is 3. The molecule has 4 heteroatoms. The van der Waals surface area contributed by atoms with Gasteiger partial charge in [0.25, 0.3) is 0 Å². The van der Waals surface area contributed by atoms with Crippen LogP contribution in [-0.2, 0) is 0 Å². The molecule has 0 saturated carbocycles. The van der Waals surface area contributed by atoms with Crippen molar-refractivity contribution in [2.24, 2.45) is 5.73 Å². The largest absolute Gasteiger partial charge is 0.399 e. The molecule has 0 aliphatic heterocycles. The Morgan fingerprint density at radius 1 is 0.882 bits per heavy atom. The maximum absolute atomic E-state index is 11.5. The molecule has 0 atom stereocenters. The molecule has 2 amide bonds. The Balaban J connectivity index is 2.43. The van der Waals surface area contributed by atoms with Crippen LogP contribution in [0, 0.1) is 0 Å². The number of nitrogens with two attached hydrogens (primary N) is 2. The van der Waals surface area contributed by atoms with E-state index in [0.29, 0.717) is 11.4 Å². The van der Waals surface area contributed by atoms with Crippen LogP contribution in [0.3, 0.4) is 0 Å². The molecule has 0 aromatic heterocycles. The fourth-order valence-electron chi connectivity index (χ4n) is 1.60. The lowest BCUT2D eigenvalue weighted by Crippen LogP contribution is -2.31. The summed E-state index contributed by atoms with van der Waals surface area (Å²) in [5.41, 5.74) is 13.1. The van der Waals surface area contributed by atoms with Crippen LogP contribution in [0.4, 0.5) is 21.9 Å². The van der Waals surface area contributed by atoms with Gasteiger partial charge in [0.15, 0.2) is 0 Å². The molecule has 2 aromatic rings. The van der Waals surface area contributed by atoms with Gasteiger partial charge in [-0.1, -0.05) is 18.2 Å². The summed E-state index contributed by atoms with van der Waals surface area (Å²) < 4.78 is 0. The van der Waals surface area contributed by atoms with E-state index in [1.807, 2.05) is 30.3 Å². The summed E-state index contributed by atoms with van der Waals surface area (Å²) >= 11 is 0. The second-order valence-corrected chi connectivity index (χ2v) is 3.60.